The van der Waals surface area contributed by atoms with Gasteiger partial charge in [-0.05, 0) is 41.1 Å². The molecule has 146 valence electrons. The standard InChI is InChI=1S/C26H20N2O2/c1-29-22-13-7-5-11-19(22)25-24-18-10-4-3-9-17(18)15-16-21(24)27-26(28-25)20-12-6-8-14-23(20)30-2/h3-16H,1-2H3. The Morgan fingerprint density at radius 1 is 0.600 bits per heavy atom. The molecule has 0 N–H and O–H groups in total. The number of rotatable bonds is 4. The van der Waals surface area contributed by atoms with E-state index in [1.165, 1.54) is 0 Å². The fourth-order valence-corrected chi connectivity index (χ4v) is 3.89. The van der Waals surface area contributed by atoms with Gasteiger partial charge in [0.05, 0.1) is 31.0 Å². The van der Waals surface area contributed by atoms with Crippen molar-refractivity contribution in [3.8, 4) is 34.1 Å². The number of methoxy groups -OCH3 is 2. The number of aromatic nitrogens is 2. The van der Waals surface area contributed by atoms with E-state index in [2.05, 4.69) is 24.3 Å². The highest BCUT2D eigenvalue weighted by molar-refractivity contribution is 6.13. The van der Waals surface area contributed by atoms with Gasteiger partial charge in [-0.2, -0.15) is 0 Å². The predicted molar refractivity (Wildman–Crippen MR) is 121 cm³/mol. The lowest BCUT2D eigenvalue weighted by molar-refractivity contribution is 0.416. The third-order valence-corrected chi connectivity index (χ3v) is 5.30. The molecule has 0 radical (unpaired) electrons. The van der Waals surface area contributed by atoms with Gasteiger partial charge in [0.15, 0.2) is 5.82 Å². The fourth-order valence-electron chi connectivity index (χ4n) is 3.89. The average Bonchev–Trinajstić information content (AvgIpc) is 2.83. The molecule has 4 heteroatoms. The number of nitrogens with zero attached hydrogens (tertiary/aromatic N) is 2. The van der Waals surface area contributed by atoms with Crippen molar-refractivity contribution in [3.63, 3.8) is 0 Å². The molecule has 0 aliphatic rings. The fraction of sp³-hybridized carbons (Fsp3) is 0.0769. The number of hydrogen-bond acceptors (Lipinski definition) is 4. The zero-order chi connectivity index (χ0) is 20.5. The monoisotopic (exact) mass is 392 g/mol. The van der Waals surface area contributed by atoms with E-state index in [4.69, 9.17) is 19.4 Å². The summed E-state index contributed by atoms with van der Waals surface area (Å²) < 4.78 is 11.2. The summed E-state index contributed by atoms with van der Waals surface area (Å²) in [5.74, 6) is 2.14. The van der Waals surface area contributed by atoms with E-state index in [9.17, 15) is 0 Å². The molecule has 1 heterocycles. The van der Waals surface area contributed by atoms with Gasteiger partial charge < -0.3 is 9.47 Å². The predicted octanol–water partition coefficient (Wildman–Crippen LogP) is 6.13. The van der Waals surface area contributed by atoms with Gasteiger partial charge in [-0.15, -0.1) is 0 Å². The van der Waals surface area contributed by atoms with E-state index < -0.39 is 0 Å². The lowest BCUT2D eigenvalue weighted by atomic mass is 9.99. The molecular formula is C26H20N2O2. The molecular weight excluding hydrogens is 372 g/mol. The SMILES string of the molecule is COc1ccccc1-c1nc(-c2ccccc2OC)c2c(ccc3ccccc32)n1. The normalized spacial score (nSPS) is 11.0. The minimum Gasteiger partial charge on any atom is -0.496 e. The van der Waals surface area contributed by atoms with Crippen molar-refractivity contribution >= 4 is 21.7 Å². The maximum absolute atomic E-state index is 5.67. The van der Waals surface area contributed by atoms with Crippen molar-refractivity contribution in [2.45, 2.75) is 0 Å². The van der Waals surface area contributed by atoms with Gasteiger partial charge >= 0.3 is 0 Å². The first-order valence-corrected chi connectivity index (χ1v) is 9.76. The highest BCUT2D eigenvalue weighted by Gasteiger charge is 2.18. The Balaban J connectivity index is 1.92. The minimum absolute atomic E-state index is 0.621. The summed E-state index contributed by atoms with van der Waals surface area (Å²) in [6, 6.07) is 28.2. The van der Waals surface area contributed by atoms with Crippen LogP contribution in [-0.4, -0.2) is 24.2 Å². The topological polar surface area (TPSA) is 44.2 Å². The highest BCUT2D eigenvalue weighted by atomic mass is 16.5. The molecule has 5 rings (SSSR count). The first-order valence-electron chi connectivity index (χ1n) is 9.76. The van der Waals surface area contributed by atoms with Crippen LogP contribution in [0.4, 0.5) is 0 Å². The molecule has 0 aliphatic carbocycles. The Labute approximate surface area is 174 Å². The minimum atomic E-state index is 0.621. The summed E-state index contributed by atoms with van der Waals surface area (Å²) in [5.41, 5.74) is 3.51. The van der Waals surface area contributed by atoms with Crippen LogP contribution in [0.1, 0.15) is 0 Å². The van der Waals surface area contributed by atoms with E-state index in [1.54, 1.807) is 14.2 Å². The largest absolute Gasteiger partial charge is 0.496 e. The summed E-state index contributed by atoms with van der Waals surface area (Å²) in [7, 11) is 3.34. The number of hydrogen-bond donors (Lipinski definition) is 0. The van der Waals surface area contributed by atoms with Crippen LogP contribution >= 0.6 is 0 Å². The molecule has 4 aromatic carbocycles. The second-order valence-corrected chi connectivity index (χ2v) is 6.98. The summed E-state index contributed by atoms with van der Waals surface area (Å²) >= 11 is 0. The molecule has 0 amide bonds. The van der Waals surface area contributed by atoms with Gasteiger partial charge in [-0.3, -0.25) is 0 Å². The first kappa shape index (κ1) is 18.1. The molecule has 0 fully saturated rings. The zero-order valence-electron chi connectivity index (χ0n) is 16.8. The quantitative estimate of drug-likeness (QED) is 0.345. The highest BCUT2D eigenvalue weighted by Crippen LogP contribution is 2.39. The zero-order valence-corrected chi connectivity index (χ0v) is 16.8. The van der Waals surface area contributed by atoms with Crippen LogP contribution in [0, 0.1) is 0 Å². The third-order valence-electron chi connectivity index (χ3n) is 5.30. The molecule has 0 saturated carbocycles. The molecule has 0 bridgehead atoms. The molecule has 5 aromatic rings. The first-order chi connectivity index (χ1) is 14.8. The van der Waals surface area contributed by atoms with E-state index in [0.29, 0.717) is 5.82 Å². The molecule has 0 spiro atoms. The molecule has 0 saturated heterocycles. The Bertz CT molecular complexity index is 1380. The maximum atomic E-state index is 5.67. The van der Waals surface area contributed by atoms with Crippen molar-refractivity contribution in [1.29, 1.82) is 0 Å². The molecule has 30 heavy (non-hydrogen) atoms. The molecule has 0 atom stereocenters. The van der Waals surface area contributed by atoms with Gasteiger partial charge in [-0.1, -0.05) is 54.6 Å². The van der Waals surface area contributed by atoms with Crippen molar-refractivity contribution in [3.05, 3.63) is 84.9 Å². The number of benzene rings is 4. The average molecular weight is 392 g/mol. The Kier molecular flexibility index (Phi) is 4.52. The van der Waals surface area contributed by atoms with Crippen LogP contribution in [0.15, 0.2) is 84.9 Å². The van der Waals surface area contributed by atoms with Gasteiger partial charge in [0.25, 0.3) is 0 Å². The van der Waals surface area contributed by atoms with Gasteiger partial charge in [0, 0.05) is 10.9 Å². The van der Waals surface area contributed by atoms with E-state index >= 15 is 0 Å². The number of para-hydroxylation sites is 2. The summed E-state index contributed by atoms with van der Waals surface area (Å²) in [6.07, 6.45) is 0. The second kappa shape index (κ2) is 7.48. The van der Waals surface area contributed by atoms with E-state index in [-0.39, 0.29) is 0 Å². The van der Waals surface area contributed by atoms with E-state index in [1.807, 2.05) is 60.7 Å². The Morgan fingerprint density at radius 3 is 2.00 bits per heavy atom. The number of ether oxygens (including phenoxy) is 2. The van der Waals surface area contributed by atoms with Crippen molar-refractivity contribution in [2.24, 2.45) is 0 Å². The van der Waals surface area contributed by atoms with Gasteiger partial charge in [0.1, 0.15) is 11.5 Å². The molecule has 1 aromatic heterocycles. The van der Waals surface area contributed by atoms with Crippen LogP contribution < -0.4 is 9.47 Å². The molecule has 4 nitrogen and oxygen atoms in total. The lowest BCUT2D eigenvalue weighted by Crippen LogP contribution is -1.99. The second-order valence-electron chi connectivity index (χ2n) is 6.98. The number of fused-ring (bicyclic) bond motifs is 3. The van der Waals surface area contributed by atoms with Crippen molar-refractivity contribution in [2.75, 3.05) is 14.2 Å². The summed E-state index contributed by atoms with van der Waals surface area (Å²) in [6.45, 7) is 0. The van der Waals surface area contributed by atoms with Crippen molar-refractivity contribution in [1.82, 2.24) is 9.97 Å². The Hall–Kier alpha value is -3.92. The molecule has 0 aliphatic heterocycles. The van der Waals surface area contributed by atoms with Gasteiger partial charge in [0.2, 0.25) is 0 Å². The summed E-state index contributed by atoms with van der Waals surface area (Å²) in [5, 5.41) is 3.27. The summed E-state index contributed by atoms with van der Waals surface area (Å²) in [4.78, 5) is 9.95. The third kappa shape index (κ3) is 2.94. The van der Waals surface area contributed by atoms with Crippen LogP contribution in [0.5, 0.6) is 11.5 Å². The molecule has 0 unspecified atom stereocenters. The lowest BCUT2D eigenvalue weighted by Gasteiger charge is -2.15. The van der Waals surface area contributed by atoms with Crippen LogP contribution in [0.25, 0.3) is 44.3 Å². The smallest absolute Gasteiger partial charge is 0.164 e. The van der Waals surface area contributed by atoms with Gasteiger partial charge in [-0.25, -0.2) is 9.97 Å². The Morgan fingerprint density at radius 2 is 1.23 bits per heavy atom. The van der Waals surface area contributed by atoms with E-state index in [0.717, 1.165) is 50.0 Å². The van der Waals surface area contributed by atoms with Crippen LogP contribution in [0.3, 0.4) is 0 Å². The van der Waals surface area contributed by atoms with Crippen LogP contribution in [0.2, 0.25) is 0 Å². The maximum Gasteiger partial charge on any atom is 0.164 e. The van der Waals surface area contributed by atoms with Crippen LogP contribution in [-0.2, 0) is 0 Å². The van der Waals surface area contributed by atoms with Crippen molar-refractivity contribution < 1.29 is 9.47 Å².